The first-order chi connectivity index (χ1) is 12.4. The van der Waals surface area contributed by atoms with Gasteiger partial charge in [0.2, 0.25) is 0 Å². The monoisotopic (exact) mass is 356 g/mol. The van der Waals surface area contributed by atoms with Crippen LogP contribution in [0.2, 0.25) is 6.82 Å². The molecule has 6 atom stereocenters. The van der Waals surface area contributed by atoms with Crippen LogP contribution in [0.3, 0.4) is 0 Å². The SMILES string of the molecule is CB1OC/C(=C2/CC[C@H]3[C@@H]4CC[C@H]5CC(=O)CC[C@]5(C)[C@H]4CC[C@]23C)O1. The molecule has 0 spiro atoms. The van der Waals surface area contributed by atoms with E-state index in [1.165, 1.54) is 38.5 Å². The summed E-state index contributed by atoms with van der Waals surface area (Å²) < 4.78 is 11.7. The maximum absolute atomic E-state index is 12.0. The Bertz CT molecular complexity index is 658. The van der Waals surface area contributed by atoms with Crippen molar-refractivity contribution >= 4 is 12.9 Å². The van der Waals surface area contributed by atoms with E-state index in [9.17, 15) is 4.79 Å². The summed E-state index contributed by atoms with van der Waals surface area (Å²) in [6.45, 7) is 7.74. The average Bonchev–Trinajstić information content (AvgIpc) is 3.18. The summed E-state index contributed by atoms with van der Waals surface area (Å²) in [5.74, 6) is 4.81. The maximum atomic E-state index is 12.0. The number of hydrogen-bond acceptors (Lipinski definition) is 3. The van der Waals surface area contributed by atoms with E-state index in [-0.39, 0.29) is 7.12 Å². The van der Waals surface area contributed by atoms with Gasteiger partial charge < -0.3 is 9.31 Å². The zero-order valence-electron chi connectivity index (χ0n) is 16.7. The van der Waals surface area contributed by atoms with Gasteiger partial charge >= 0.3 is 7.12 Å². The Labute approximate surface area is 158 Å². The van der Waals surface area contributed by atoms with Crippen molar-refractivity contribution in [3.63, 3.8) is 0 Å². The molecule has 4 aliphatic carbocycles. The van der Waals surface area contributed by atoms with Gasteiger partial charge in [-0.3, -0.25) is 4.79 Å². The quantitative estimate of drug-likeness (QED) is 0.572. The third kappa shape index (κ3) is 2.33. The molecule has 1 aliphatic heterocycles. The summed E-state index contributed by atoms with van der Waals surface area (Å²) in [5, 5.41) is 0. The molecular weight excluding hydrogens is 323 g/mol. The average molecular weight is 356 g/mol. The Kier molecular flexibility index (Phi) is 3.91. The molecule has 4 saturated carbocycles. The van der Waals surface area contributed by atoms with Gasteiger partial charge in [0.15, 0.2) is 0 Å². The van der Waals surface area contributed by atoms with Gasteiger partial charge in [-0.2, -0.15) is 0 Å². The Morgan fingerprint density at radius 1 is 1.04 bits per heavy atom. The number of allylic oxidation sites excluding steroid dienone is 1. The predicted octanol–water partition coefficient (Wildman–Crippen LogP) is 5.02. The molecule has 5 aliphatic rings. The standard InChI is InChI=1S/C22H33BO3/c1-21-10-8-15(24)12-14(21)4-5-16-17-6-7-19(20-13-25-23(3)26-20)22(17,2)11-9-18(16)21/h14,16-18H,4-13H2,1-3H3/b20-19+/t14-,16-,17-,18-,21-,22-/m0/s1. The van der Waals surface area contributed by atoms with E-state index in [0.29, 0.717) is 29.1 Å². The van der Waals surface area contributed by atoms with Crippen LogP contribution in [0.5, 0.6) is 0 Å². The van der Waals surface area contributed by atoms with Crippen LogP contribution < -0.4 is 0 Å². The van der Waals surface area contributed by atoms with Crippen molar-refractivity contribution in [2.75, 3.05) is 6.61 Å². The predicted molar refractivity (Wildman–Crippen MR) is 102 cm³/mol. The molecular formula is C22H33BO3. The summed E-state index contributed by atoms with van der Waals surface area (Å²) in [6, 6.07) is 0. The second kappa shape index (κ2) is 5.86. The van der Waals surface area contributed by atoms with Crippen molar-refractivity contribution in [3.8, 4) is 0 Å². The first-order valence-electron chi connectivity index (χ1n) is 10.9. The van der Waals surface area contributed by atoms with Gasteiger partial charge in [-0.25, -0.2) is 0 Å². The summed E-state index contributed by atoms with van der Waals surface area (Å²) >= 11 is 0. The van der Waals surface area contributed by atoms with E-state index in [0.717, 1.165) is 42.8 Å². The molecule has 1 saturated heterocycles. The number of hydrogen-bond donors (Lipinski definition) is 0. The third-order valence-corrected chi connectivity index (χ3v) is 9.36. The van der Waals surface area contributed by atoms with Crippen LogP contribution >= 0.6 is 0 Å². The van der Waals surface area contributed by atoms with Crippen molar-refractivity contribution < 1.29 is 14.1 Å². The third-order valence-electron chi connectivity index (χ3n) is 9.36. The molecule has 0 aromatic rings. The van der Waals surface area contributed by atoms with E-state index in [1.54, 1.807) is 5.57 Å². The van der Waals surface area contributed by atoms with Gasteiger partial charge in [0.1, 0.15) is 11.5 Å². The van der Waals surface area contributed by atoms with Gasteiger partial charge in [-0.15, -0.1) is 0 Å². The molecule has 26 heavy (non-hydrogen) atoms. The van der Waals surface area contributed by atoms with Gasteiger partial charge in [-0.05, 0) is 91.8 Å². The van der Waals surface area contributed by atoms with Crippen molar-refractivity contribution in [1.29, 1.82) is 0 Å². The molecule has 142 valence electrons. The fraction of sp³-hybridized carbons (Fsp3) is 0.864. The highest BCUT2D eigenvalue weighted by Gasteiger charge is 2.59. The summed E-state index contributed by atoms with van der Waals surface area (Å²) in [4.78, 5) is 12.0. The van der Waals surface area contributed by atoms with E-state index in [4.69, 9.17) is 9.31 Å². The number of ketones is 1. The summed E-state index contributed by atoms with van der Waals surface area (Å²) in [7, 11) is -0.0781. The Morgan fingerprint density at radius 2 is 1.88 bits per heavy atom. The first kappa shape index (κ1) is 17.3. The van der Waals surface area contributed by atoms with Crippen LogP contribution in [0.25, 0.3) is 0 Å². The van der Waals surface area contributed by atoms with Crippen molar-refractivity contribution in [2.45, 2.75) is 78.5 Å². The smallest absolute Gasteiger partial charge is 0.522 e. The van der Waals surface area contributed by atoms with Crippen LogP contribution in [0, 0.1) is 34.5 Å². The highest BCUT2D eigenvalue weighted by atomic mass is 16.6. The number of fused-ring (bicyclic) bond motifs is 5. The minimum atomic E-state index is -0.0781. The maximum Gasteiger partial charge on any atom is 0.522 e. The number of Topliss-reactive ketones (excluding diaryl/α,β-unsaturated/α-hetero) is 1. The fourth-order valence-electron chi connectivity index (χ4n) is 7.94. The molecule has 0 N–H and O–H groups in total. The van der Waals surface area contributed by atoms with Gasteiger partial charge in [-0.1, -0.05) is 13.8 Å². The molecule has 0 bridgehead atoms. The lowest BCUT2D eigenvalue weighted by molar-refractivity contribution is -0.136. The minimum Gasteiger partial charge on any atom is -0.538 e. The highest BCUT2D eigenvalue weighted by Crippen LogP contribution is 2.67. The van der Waals surface area contributed by atoms with Crippen LogP contribution in [0.4, 0.5) is 0 Å². The van der Waals surface area contributed by atoms with Gasteiger partial charge in [0.05, 0.1) is 6.61 Å². The molecule has 5 rings (SSSR count). The van der Waals surface area contributed by atoms with E-state index >= 15 is 0 Å². The Hall–Kier alpha value is -0.765. The van der Waals surface area contributed by atoms with Gasteiger partial charge in [0, 0.05) is 12.8 Å². The van der Waals surface area contributed by atoms with E-state index < -0.39 is 0 Å². The zero-order valence-corrected chi connectivity index (χ0v) is 16.7. The molecule has 0 aromatic carbocycles. The molecule has 5 fully saturated rings. The van der Waals surface area contributed by atoms with Crippen molar-refractivity contribution in [1.82, 2.24) is 0 Å². The molecule has 4 heteroatoms. The lowest BCUT2D eigenvalue weighted by Gasteiger charge is -2.59. The van der Waals surface area contributed by atoms with Gasteiger partial charge in [0.25, 0.3) is 0 Å². The largest absolute Gasteiger partial charge is 0.538 e. The molecule has 0 unspecified atom stereocenters. The lowest BCUT2D eigenvalue weighted by Crippen LogP contribution is -2.53. The Morgan fingerprint density at radius 3 is 2.65 bits per heavy atom. The normalized spacial score (nSPS) is 50.9. The topological polar surface area (TPSA) is 35.5 Å². The van der Waals surface area contributed by atoms with Crippen LogP contribution in [0.15, 0.2) is 11.3 Å². The van der Waals surface area contributed by atoms with Crippen molar-refractivity contribution in [2.24, 2.45) is 34.5 Å². The molecule has 1 heterocycles. The van der Waals surface area contributed by atoms with Crippen LogP contribution in [0.1, 0.15) is 71.6 Å². The summed E-state index contributed by atoms with van der Waals surface area (Å²) in [5.41, 5.74) is 2.31. The molecule has 3 nitrogen and oxygen atoms in total. The zero-order chi connectivity index (χ0) is 18.1. The van der Waals surface area contributed by atoms with E-state index in [2.05, 4.69) is 13.8 Å². The van der Waals surface area contributed by atoms with Crippen LogP contribution in [-0.2, 0) is 14.1 Å². The minimum absolute atomic E-state index is 0.0781. The van der Waals surface area contributed by atoms with E-state index in [1.807, 2.05) is 6.82 Å². The Balaban J connectivity index is 1.44. The molecule has 0 amide bonds. The number of carbonyl (C=O) groups excluding carboxylic acids is 1. The fourth-order valence-corrected chi connectivity index (χ4v) is 7.94. The second-order valence-corrected chi connectivity index (χ2v) is 10.3. The summed E-state index contributed by atoms with van der Waals surface area (Å²) in [6.07, 6.45) is 10.6. The second-order valence-electron chi connectivity index (χ2n) is 10.3. The molecule has 0 aromatic heterocycles. The van der Waals surface area contributed by atoms with Crippen molar-refractivity contribution in [3.05, 3.63) is 11.3 Å². The number of rotatable bonds is 0. The number of carbonyl (C=O) groups is 1. The first-order valence-corrected chi connectivity index (χ1v) is 10.9. The lowest BCUT2D eigenvalue weighted by atomic mass is 9.45. The highest BCUT2D eigenvalue weighted by molar-refractivity contribution is 6.43. The van der Waals surface area contributed by atoms with Crippen LogP contribution in [-0.4, -0.2) is 19.5 Å². The molecule has 0 radical (unpaired) electrons.